The molecule has 1 atom stereocenters. The van der Waals surface area contributed by atoms with Crippen LogP contribution in [0.5, 0.6) is 11.5 Å². The zero-order chi connectivity index (χ0) is 21.6. The fourth-order valence-electron chi connectivity index (χ4n) is 2.41. The molecule has 3 N–H and O–H groups in total. The van der Waals surface area contributed by atoms with Gasteiger partial charge in [0.2, 0.25) is 21.8 Å². The Labute approximate surface area is 169 Å². The van der Waals surface area contributed by atoms with Crippen molar-refractivity contribution in [3.63, 3.8) is 0 Å². The van der Waals surface area contributed by atoms with Crippen molar-refractivity contribution >= 4 is 33.2 Å². The van der Waals surface area contributed by atoms with Crippen LogP contribution in [0.3, 0.4) is 0 Å². The number of methoxy groups -OCH3 is 2. The summed E-state index contributed by atoms with van der Waals surface area (Å²) in [6.45, 7) is 2.78. The van der Waals surface area contributed by atoms with Crippen LogP contribution in [-0.2, 0) is 19.6 Å². The van der Waals surface area contributed by atoms with E-state index >= 15 is 0 Å². The number of nitrogens with one attached hydrogen (secondary N) is 3. The number of anilines is 2. The molecule has 0 spiro atoms. The molecular weight excluding hydrogens is 398 g/mol. The molecule has 0 bridgehead atoms. The highest BCUT2D eigenvalue weighted by atomic mass is 32.2. The first-order chi connectivity index (χ1) is 13.6. The minimum Gasteiger partial charge on any atom is -0.497 e. The normalized spacial score (nSPS) is 12.0. The third-order valence-electron chi connectivity index (χ3n) is 3.83. The molecule has 2 aromatic rings. The maximum Gasteiger partial charge on any atom is 0.242 e. The molecule has 156 valence electrons. The minimum absolute atomic E-state index is 0.0331. The van der Waals surface area contributed by atoms with E-state index in [0.29, 0.717) is 22.9 Å². The van der Waals surface area contributed by atoms with Crippen molar-refractivity contribution in [2.75, 3.05) is 24.9 Å². The number of carbonyl (C=O) groups is 2. The van der Waals surface area contributed by atoms with Gasteiger partial charge in [-0.2, -0.15) is 4.72 Å². The largest absolute Gasteiger partial charge is 0.497 e. The van der Waals surface area contributed by atoms with E-state index in [4.69, 9.17) is 9.47 Å². The lowest BCUT2D eigenvalue weighted by atomic mass is 10.2. The van der Waals surface area contributed by atoms with E-state index in [9.17, 15) is 18.0 Å². The van der Waals surface area contributed by atoms with Crippen molar-refractivity contribution in [1.82, 2.24) is 4.72 Å². The van der Waals surface area contributed by atoms with E-state index in [1.807, 2.05) is 0 Å². The van der Waals surface area contributed by atoms with Gasteiger partial charge in [0.05, 0.1) is 25.2 Å². The zero-order valence-corrected chi connectivity index (χ0v) is 17.3. The van der Waals surface area contributed by atoms with Gasteiger partial charge < -0.3 is 20.1 Å². The Bertz CT molecular complexity index is 967. The van der Waals surface area contributed by atoms with E-state index in [2.05, 4.69) is 15.4 Å². The predicted molar refractivity (Wildman–Crippen MR) is 109 cm³/mol. The monoisotopic (exact) mass is 421 g/mol. The molecule has 9 nitrogen and oxygen atoms in total. The molecule has 0 aliphatic rings. The van der Waals surface area contributed by atoms with Gasteiger partial charge in [-0.3, -0.25) is 9.59 Å². The number of sulfonamides is 1. The second-order valence-corrected chi connectivity index (χ2v) is 7.85. The SMILES string of the molecule is COc1cc(NC(=O)C(C)NS(=O)(=O)c2ccc(NC(C)=O)cc2)cc(OC)c1. The van der Waals surface area contributed by atoms with Gasteiger partial charge in [0.25, 0.3) is 0 Å². The van der Waals surface area contributed by atoms with Crippen LogP contribution < -0.4 is 24.8 Å². The molecule has 2 rings (SSSR count). The van der Waals surface area contributed by atoms with Crippen LogP contribution in [0.15, 0.2) is 47.4 Å². The summed E-state index contributed by atoms with van der Waals surface area (Å²) in [5.41, 5.74) is 0.867. The number of rotatable bonds is 8. The zero-order valence-electron chi connectivity index (χ0n) is 16.5. The number of hydrogen-bond donors (Lipinski definition) is 3. The van der Waals surface area contributed by atoms with E-state index < -0.39 is 22.0 Å². The van der Waals surface area contributed by atoms with Crippen molar-refractivity contribution in [2.24, 2.45) is 0 Å². The number of benzene rings is 2. The Morgan fingerprint density at radius 1 is 0.897 bits per heavy atom. The van der Waals surface area contributed by atoms with Crippen LogP contribution in [0, 0.1) is 0 Å². The second-order valence-electron chi connectivity index (χ2n) is 6.14. The quantitative estimate of drug-likeness (QED) is 0.599. The van der Waals surface area contributed by atoms with Crippen molar-refractivity contribution in [2.45, 2.75) is 24.8 Å². The lowest BCUT2D eigenvalue weighted by Crippen LogP contribution is -2.41. The van der Waals surface area contributed by atoms with Gasteiger partial charge in [0.15, 0.2) is 0 Å². The lowest BCUT2D eigenvalue weighted by Gasteiger charge is -2.16. The molecule has 2 aromatic carbocycles. The third-order valence-corrected chi connectivity index (χ3v) is 5.39. The molecule has 2 amide bonds. The van der Waals surface area contributed by atoms with Crippen LogP contribution in [0.1, 0.15) is 13.8 Å². The van der Waals surface area contributed by atoms with Gasteiger partial charge in [-0.1, -0.05) is 0 Å². The average molecular weight is 421 g/mol. The summed E-state index contributed by atoms with van der Waals surface area (Å²) in [6, 6.07) is 9.37. The van der Waals surface area contributed by atoms with Gasteiger partial charge >= 0.3 is 0 Å². The highest BCUT2D eigenvalue weighted by Crippen LogP contribution is 2.26. The summed E-state index contributed by atoms with van der Waals surface area (Å²) in [4.78, 5) is 23.4. The van der Waals surface area contributed by atoms with E-state index in [0.717, 1.165) is 0 Å². The fraction of sp³-hybridized carbons (Fsp3) is 0.263. The van der Waals surface area contributed by atoms with Crippen molar-refractivity contribution < 1.29 is 27.5 Å². The van der Waals surface area contributed by atoms with Crippen molar-refractivity contribution in [1.29, 1.82) is 0 Å². The van der Waals surface area contributed by atoms with Crippen LogP contribution in [-0.4, -0.2) is 40.5 Å². The summed E-state index contributed by atoms with van der Waals surface area (Å²) in [7, 11) is -0.980. The van der Waals surface area contributed by atoms with Crippen LogP contribution >= 0.6 is 0 Å². The van der Waals surface area contributed by atoms with Crippen molar-refractivity contribution in [3.8, 4) is 11.5 Å². The predicted octanol–water partition coefficient (Wildman–Crippen LogP) is 1.97. The fourth-order valence-corrected chi connectivity index (χ4v) is 3.61. The maximum atomic E-state index is 12.5. The first-order valence-corrected chi connectivity index (χ1v) is 10.1. The number of ether oxygens (including phenoxy) is 2. The molecule has 1 unspecified atom stereocenters. The van der Waals surface area contributed by atoms with E-state index in [1.165, 1.54) is 52.3 Å². The Hall–Kier alpha value is -3.11. The molecule has 0 fully saturated rings. The van der Waals surface area contributed by atoms with Gasteiger partial charge in [-0.05, 0) is 31.2 Å². The summed E-state index contributed by atoms with van der Waals surface area (Å²) < 4.78 is 37.6. The summed E-state index contributed by atoms with van der Waals surface area (Å²) in [5, 5.41) is 5.17. The topological polar surface area (TPSA) is 123 Å². The Morgan fingerprint density at radius 2 is 1.45 bits per heavy atom. The number of amides is 2. The molecule has 0 aliphatic carbocycles. The molecule has 0 aromatic heterocycles. The Kier molecular flexibility index (Phi) is 7.18. The summed E-state index contributed by atoms with van der Waals surface area (Å²) >= 11 is 0. The molecule has 0 heterocycles. The smallest absolute Gasteiger partial charge is 0.242 e. The molecule has 0 saturated carbocycles. The second kappa shape index (κ2) is 9.39. The third kappa shape index (κ3) is 6.19. The summed E-state index contributed by atoms with van der Waals surface area (Å²) in [6.07, 6.45) is 0. The number of carbonyl (C=O) groups excluding carboxylic acids is 2. The van der Waals surface area contributed by atoms with Crippen LogP contribution in [0.25, 0.3) is 0 Å². The standard InChI is InChI=1S/C19H23N3O6S/c1-12(19(24)21-15-9-16(27-3)11-17(10-15)28-4)22-29(25,26)18-7-5-14(6-8-18)20-13(2)23/h5-12,22H,1-4H3,(H,20,23)(H,21,24). The molecule has 0 aliphatic heterocycles. The lowest BCUT2D eigenvalue weighted by molar-refractivity contribution is -0.117. The Balaban J connectivity index is 2.09. The molecule has 29 heavy (non-hydrogen) atoms. The van der Waals surface area contributed by atoms with Crippen LogP contribution in [0.4, 0.5) is 11.4 Å². The number of hydrogen-bond acceptors (Lipinski definition) is 6. The first kappa shape index (κ1) is 22.2. The summed E-state index contributed by atoms with van der Waals surface area (Å²) in [5.74, 6) is 0.135. The highest BCUT2D eigenvalue weighted by Gasteiger charge is 2.22. The highest BCUT2D eigenvalue weighted by molar-refractivity contribution is 7.89. The first-order valence-electron chi connectivity index (χ1n) is 8.58. The molecule has 0 saturated heterocycles. The van der Waals surface area contributed by atoms with E-state index in [1.54, 1.807) is 18.2 Å². The minimum atomic E-state index is -3.94. The van der Waals surface area contributed by atoms with Gasteiger partial charge in [-0.15, -0.1) is 0 Å². The molecular formula is C19H23N3O6S. The van der Waals surface area contributed by atoms with E-state index in [-0.39, 0.29) is 10.8 Å². The average Bonchev–Trinajstić information content (AvgIpc) is 2.67. The van der Waals surface area contributed by atoms with Gasteiger partial charge in [0.1, 0.15) is 11.5 Å². The molecule has 10 heteroatoms. The maximum absolute atomic E-state index is 12.5. The Morgan fingerprint density at radius 3 is 1.93 bits per heavy atom. The van der Waals surface area contributed by atoms with Crippen LogP contribution in [0.2, 0.25) is 0 Å². The van der Waals surface area contributed by atoms with Gasteiger partial charge in [-0.25, -0.2) is 8.42 Å². The van der Waals surface area contributed by atoms with Gasteiger partial charge in [0, 0.05) is 36.5 Å². The molecule has 0 radical (unpaired) electrons. The van der Waals surface area contributed by atoms with Crippen molar-refractivity contribution in [3.05, 3.63) is 42.5 Å².